The van der Waals surface area contributed by atoms with Crippen LogP contribution in [0.3, 0.4) is 0 Å². The van der Waals surface area contributed by atoms with Gasteiger partial charge in [0.25, 0.3) is 0 Å². The number of aromatic nitrogens is 4. The Morgan fingerprint density at radius 2 is 1.68 bits per heavy atom. The Morgan fingerprint density at radius 1 is 0.919 bits per heavy atom. The number of hydrogen-bond acceptors (Lipinski definition) is 6. The van der Waals surface area contributed by atoms with Crippen molar-refractivity contribution in [3.05, 3.63) is 94.5 Å². The first-order valence-corrected chi connectivity index (χ1v) is 12.6. The van der Waals surface area contributed by atoms with Gasteiger partial charge in [0.2, 0.25) is 11.9 Å². The molecule has 37 heavy (non-hydrogen) atoms. The van der Waals surface area contributed by atoms with Gasteiger partial charge in [-0.05, 0) is 41.3 Å². The lowest BCUT2D eigenvalue weighted by Gasteiger charge is -2.12. The zero-order valence-corrected chi connectivity index (χ0v) is 22.6. The third kappa shape index (κ3) is 10.1. The summed E-state index contributed by atoms with van der Waals surface area (Å²) in [5, 5.41) is 10.4. The van der Waals surface area contributed by atoms with Crippen molar-refractivity contribution in [2.75, 3.05) is 17.2 Å². The smallest absolute Gasteiger partial charge is 0.239 e. The molecule has 2 aromatic carbocycles. The summed E-state index contributed by atoms with van der Waals surface area (Å²) >= 11 is 12.0. The minimum Gasteiger partial charge on any atom is -0.366 e. The van der Waals surface area contributed by atoms with Gasteiger partial charge in [-0.3, -0.25) is 9.36 Å². The fourth-order valence-electron chi connectivity index (χ4n) is 3.00. The molecule has 0 bridgehead atoms. The Kier molecular flexibility index (Phi) is 10.7. The second kappa shape index (κ2) is 14.2. The molecule has 0 aliphatic heterocycles. The van der Waals surface area contributed by atoms with Crippen molar-refractivity contribution in [2.24, 2.45) is 5.92 Å². The monoisotopic (exact) mass is 539 g/mol. The van der Waals surface area contributed by atoms with Crippen LogP contribution in [0.2, 0.25) is 10.0 Å². The van der Waals surface area contributed by atoms with Gasteiger partial charge in [-0.2, -0.15) is 9.97 Å². The van der Waals surface area contributed by atoms with E-state index >= 15 is 0 Å². The third-order valence-corrected chi connectivity index (χ3v) is 5.14. The number of hydrogen-bond donors (Lipinski definition) is 3. The zero-order chi connectivity index (χ0) is 26.6. The van der Waals surface area contributed by atoms with Gasteiger partial charge in [0, 0.05) is 41.6 Å². The Morgan fingerprint density at radius 3 is 2.35 bits per heavy atom. The molecule has 10 heteroatoms. The highest BCUT2D eigenvalue weighted by atomic mass is 35.5. The summed E-state index contributed by atoms with van der Waals surface area (Å²) in [6.45, 7) is 7.46. The molecule has 0 atom stereocenters. The molecule has 0 spiro atoms. The van der Waals surface area contributed by atoms with Crippen molar-refractivity contribution in [3.8, 4) is 5.82 Å². The lowest BCUT2D eigenvalue weighted by molar-refractivity contribution is -0.119. The van der Waals surface area contributed by atoms with E-state index in [1.54, 1.807) is 41.5 Å². The highest BCUT2D eigenvalue weighted by Gasteiger charge is 2.09. The number of nitrogens with one attached hydrogen (secondary N) is 3. The van der Waals surface area contributed by atoms with Gasteiger partial charge in [0.1, 0.15) is 18.0 Å². The number of halogens is 2. The molecule has 1 amide bonds. The summed E-state index contributed by atoms with van der Waals surface area (Å²) in [6.07, 6.45) is 5.09. The number of carbonyl (C=O) groups is 1. The summed E-state index contributed by atoms with van der Waals surface area (Å²) in [5.41, 5.74) is 1.97. The Labute approximate surface area is 227 Å². The topological polar surface area (TPSA) is 96.8 Å². The van der Waals surface area contributed by atoms with Crippen molar-refractivity contribution >= 4 is 40.9 Å². The standard InChI is InChI=1S/C23H21Cl2N7O.C4H10/c24-18-6-4-16(5-7-18)12-28-22(33)14-29-23-30-20(11-21(31-23)32-9-8-26-15-32)27-13-17-2-1-3-19(25)10-17;1-4(2)3/h1-11,15H,12-14H2,(H,28,33)(H2,27,29,30,31);4H,1-3H3. The van der Waals surface area contributed by atoms with E-state index in [9.17, 15) is 4.79 Å². The fraction of sp³-hybridized carbons (Fsp3) is 0.259. The van der Waals surface area contributed by atoms with Crippen molar-refractivity contribution in [3.63, 3.8) is 0 Å². The van der Waals surface area contributed by atoms with Gasteiger partial charge < -0.3 is 16.0 Å². The first-order valence-electron chi connectivity index (χ1n) is 11.9. The second-order valence-corrected chi connectivity index (χ2v) is 9.75. The van der Waals surface area contributed by atoms with E-state index in [2.05, 4.69) is 51.7 Å². The van der Waals surface area contributed by atoms with E-state index in [0.717, 1.165) is 17.0 Å². The van der Waals surface area contributed by atoms with Gasteiger partial charge in [-0.25, -0.2) is 4.98 Å². The molecule has 0 aliphatic rings. The lowest BCUT2D eigenvalue weighted by atomic mass is 10.2. The van der Waals surface area contributed by atoms with Crippen LogP contribution in [-0.4, -0.2) is 32.0 Å². The molecule has 3 N–H and O–H groups in total. The first kappa shape index (κ1) is 28.0. The fourth-order valence-corrected chi connectivity index (χ4v) is 3.33. The molecule has 4 aromatic rings. The molecular formula is C27H31Cl2N7O. The summed E-state index contributed by atoms with van der Waals surface area (Å²) in [7, 11) is 0. The average Bonchev–Trinajstić information content (AvgIpc) is 3.41. The molecule has 2 aromatic heterocycles. The molecule has 0 radical (unpaired) electrons. The molecule has 2 heterocycles. The quantitative estimate of drug-likeness (QED) is 0.242. The maximum atomic E-state index is 12.3. The predicted octanol–water partition coefficient (Wildman–Crippen LogP) is 5.97. The van der Waals surface area contributed by atoms with E-state index in [-0.39, 0.29) is 12.5 Å². The van der Waals surface area contributed by atoms with Gasteiger partial charge in [0.05, 0.1) is 6.54 Å². The van der Waals surface area contributed by atoms with Crippen molar-refractivity contribution in [2.45, 2.75) is 33.9 Å². The summed E-state index contributed by atoms with van der Waals surface area (Å²) < 4.78 is 1.76. The molecule has 0 aliphatic carbocycles. The van der Waals surface area contributed by atoms with Crippen LogP contribution in [0.15, 0.2) is 73.3 Å². The van der Waals surface area contributed by atoms with Crippen LogP contribution < -0.4 is 16.0 Å². The van der Waals surface area contributed by atoms with Crippen LogP contribution in [0.25, 0.3) is 5.82 Å². The predicted molar refractivity (Wildman–Crippen MR) is 150 cm³/mol. The SMILES string of the molecule is CC(C)C.O=C(CNc1nc(NCc2cccc(Cl)c2)cc(-n2ccnc2)n1)NCc1ccc(Cl)cc1. The minimum absolute atomic E-state index is 0.0225. The van der Waals surface area contributed by atoms with Crippen molar-refractivity contribution < 1.29 is 4.79 Å². The van der Waals surface area contributed by atoms with Gasteiger partial charge in [-0.1, -0.05) is 68.2 Å². The molecule has 8 nitrogen and oxygen atoms in total. The number of nitrogens with zero attached hydrogens (tertiary/aromatic N) is 4. The molecule has 194 valence electrons. The number of imidazole rings is 1. The van der Waals surface area contributed by atoms with Crippen LogP contribution in [-0.2, 0) is 17.9 Å². The Balaban J connectivity index is 0.000000886. The second-order valence-electron chi connectivity index (χ2n) is 8.88. The minimum atomic E-state index is -0.185. The van der Waals surface area contributed by atoms with Gasteiger partial charge in [-0.15, -0.1) is 0 Å². The first-order chi connectivity index (χ1) is 17.8. The molecule has 0 unspecified atom stereocenters. The van der Waals surface area contributed by atoms with Gasteiger partial charge in [0.15, 0.2) is 0 Å². The van der Waals surface area contributed by atoms with Crippen LogP contribution in [0.4, 0.5) is 11.8 Å². The van der Waals surface area contributed by atoms with Crippen molar-refractivity contribution in [1.29, 1.82) is 0 Å². The van der Waals surface area contributed by atoms with E-state index in [0.29, 0.717) is 40.7 Å². The van der Waals surface area contributed by atoms with E-state index < -0.39 is 0 Å². The van der Waals surface area contributed by atoms with Crippen LogP contribution in [0.5, 0.6) is 0 Å². The average molecular weight is 540 g/mol. The summed E-state index contributed by atoms with van der Waals surface area (Å²) in [4.78, 5) is 25.3. The Bertz CT molecular complexity index is 1260. The van der Waals surface area contributed by atoms with E-state index in [4.69, 9.17) is 23.2 Å². The third-order valence-electron chi connectivity index (χ3n) is 4.65. The molecule has 4 rings (SSSR count). The number of carbonyl (C=O) groups excluding carboxylic acids is 1. The maximum absolute atomic E-state index is 12.3. The van der Waals surface area contributed by atoms with Crippen LogP contribution in [0.1, 0.15) is 31.9 Å². The normalized spacial score (nSPS) is 10.4. The zero-order valence-electron chi connectivity index (χ0n) is 21.1. The largest absolute Gasteiger partial charge is 0.366 e. The molecule has 0 fully saturated rings. The van der Waals surface area contributed by atoms with Gasteiger partial charge >= 0.3 is 0 Å². The van der Waals surface area contributed by atoms with Crippen LogP contribution in [0, 0.1) is 5.92 Å². The highest BCUT2D eigenvalue weighted by molar-refractivity contribution is 6.30. The van der Waals surface area contributed by atoms with Crippen LogP contribution >= 0.6 is 23.2 Å². The van der Waals surface area contributed by atoms with E-state index in [1.165, 1.54) is 0 Å². The number of benzene rings is 2. The summed E-state index contributed by atoms with van der Waals surface area (Å²) in [6, 6.07) is 16.7. The number of rotatable bonds is 9. The molecule has 0 saturated carbocycles. The number of amides is 1. The van der Waals surface area contributed by atoms with E-state index in [1.807, 2.05) is 36.4 Å². The summed E-state index contributed by atoms with van der Waals surface area (Å²) in [5.74, 6) is 2.17. The highest BCUT2D eigenvalue weighted by Crippen LogP contribution is 2.16. The maximum Gasteiger partial charge on any atom is 0.239 e. The molecular weight excluding hydrogens is 509 g/mol. The van der Waals surface area contributed by atoms with Crippen molar-refractivity contribution in [1.82, 2.24) is 24.8 Å². The molecule has 0 saturated heterocycles. The lowest BCUT2D eigenvalue weighted by Crippen LogP contribution is -2.30. The number of anilines is 2. The Hall–Kier alpha value is -3.62.